The van der Waals surface area contributed by atoms with E-state index in [0.29, 0.717) is 10.4 Å². The summed E-state index contributed by atoms with van der Waals surface area (Å²) < 4.78 is 5.78. The molecule has 2 nitrogen and oxygen atoms in total. The summed E-state index contributed by atoms with van der Waals surface area (Å²) in [7, 11) is 0. The summed E-state index contributed by atoms with van der Waals surface area (Å²) in [5.41, 5.74) is 0. The molecular formula is C8H7BrO2. The van der Waals surface area contributed by atoms with Gasteiger partial charge in [-0.15, -0.1) is 0 Å². The van der Waals surface area contributed by atoms with Gasteiger partial charge in [-0.1, -0.05) is 0 Å². The Kier molecular flexibility index (Phi) is 2.65. The maximum atomic E-state index is 10.5. The van der Waals surface area contributed by atoms with Gasteiger partial charge in [0, 0.05) is 0 Å². The first-order valence-corrected chi connectivity index (χ1v) is 3.92. The van der Waals surface area contributed by atoms with E-state index in [2.05, 4.69) is 15.9 Å². The number of carbonyl (C=O) groups is 1. The van der Waals surface area contributed by atoms with Crippen molar-refractivity contribution in [3.05, 3.63) is 28.6 Å². The summed E-state index contributed by atoms with van der Waals surface area (Å²) in [6, 6.07) is 3.56. The molecule has 1 heterocycles. The molecule has 0 saturated carbocycles. The molecule has 0 aliphatic heterocycles. The Bertz CT molecular complexity index is 286. The average molecular weight is 215 g/mol. The van der Waals surface area contributed by atoms with Crippen molar-refractivity contribution < 1.29 is 9.21 Å². The molecule has 0 radical (unpaired) electrons. The summed E-state index contributed by atoms with van der Waals surface area (Å²) in [5, 5.41) is 0. The van der Waals surface area contributed by atoms with Crippen LogP contribution < -0.4 is 0 Å². The van der Waals surface area contributed by atoms with Gasteiger partial charge >= 0.3 is 0 Å². The first kappa shape index (κ1) is 8.27. The Morgan fingerprint density at radius 1 is 1.64 bits per heavy atom. The number of carbonyl (C=O) groups excluding carboxylic acids is 1. The molecule has 0 aliphatic carbocycles. The molecule has 0 atom stereocenters. The van der Waals surface area contributed by atoms with E-state index in [1.165, 1.54) is 13.0 Å². The lowest BCUT2D eigenvalue weighted by Gasteiger charge is -1.81. The number of allylic oxidation sites excluding steroid dienone is 1. The highest BCUT2D eigenvalue weighted by Crippen LogP contribution is 2.14. The summed E-state index contributed by atoms with van der Waals surface area (Å²) in [6.07, 6.45) is 3.10. The Hall–Kier alpha value is -0.830. The van der Waals surface area contributed by atoms with Crippen LogP contribution in [0.15, 0.2) is 27.3 Å². The van der Waals surface area contributed by atoms with Gasteiger partial charge in [-0.3, -0.25) is 4.79 Å². The van der Waals surface area contributed by atoms with E-state index < -0.39 is 0 Å². The van der Waals surface area contributed by atoms with Crippen LogP contribution in [0.5, 0.6) is 0 Å². The van der Waals surface area contributed by atoms with Gasteiger partial charge in [-0.2, -0.15) is 0 Å². The smallest absolute Gasteiger partial charge is 0.169 e. The molecule has 1 aromatic heterocycles. The number of ketones is 1. The Balaban J connectivity index is 2.71. The number of furan rings is 1. The second-order valence-electron chi connectivity index (χ2n) is 2.09. The molecule has 0 aliphatic rings. The van der Waals surface area contributed by atoms with Gasteiger partial charge in [0.2, 0.25) is 0 Å². The third-order valence-corrected chi connectivity index (χ3v) is 1.50. The zero-order valence-electron chi connectivity index (χ0n) is 6.00. The predicted octanol–water partition coefficient (Wildman–Crippen LogP) is 2.64. The topological polar surface area (TPSA) is 30.2 Å². The number of hydrogen-bond donors (Lipinski definition) is 0. The third kappa shape index (κ3) is 2.72. The van der Waals surface area contributed by atoms with Gasteiger partial charge in [-0.25, -0.2) is 0 Å². The molecule has 11 heavy (non-hydrogen) atoms. The number of hydrogen-bond acceptors (Lipinski definition) is 2. The molecule has 0 amide bonds. The van der Waals surface area contributed by atoms with Gasteiger partial charge in [0.05, 0.1) is 0 Å². The Morgan fingerprint density at radius 2 is 2.36 bits per heavy atom. The van der Waals surface area contributed by atoms with E-state index in [4.69, 9.17) is 4.42 Å². The van der Waals surface area contributed by atoms with Crippen LogP contribution in [-0.4, -0.2) is 5.78 Å². The van der Waals surface area contributed by atoms with E-state index in [9.17, 15) is 4.79 Å². The molecule has 0 bridgehead atoms. The van der Waals surface area contributed by atoms with Crippen molar-refractivity contribution in [1.82, 2.24) is 0 Å². The highest BCUT2D eigenvalue weighted by Gasteiger charge is 1.93. The molecule has 0 unspecified atom stereocenters. The summed E-state index contributed by atoms with van der Waals surface area (Å²) in [5.74, 6) is 0.685. The highest BCUT2D eigenvalue weighted by atomic mass is 79.9. The van der Waals surface area contributed by atoms with Crippen LogP contribution in [0.4, 0.5) is 0 Å². The van der Waals surface area contributed by atoms with E-state index >= 15 is 0 Å². The maximum absolute atomic E-state index is 10.5. The minimum Gasteiger partial charge on any atom is -0.450 e. The van der Waals surface area contributed by atoms with Crippen molar-refractivity contribution in [2.24, 2.45) is 0 Å². The lowest BCUT2D eigenvalue weighted by Crippen LogP contribution is -1.78. The molecule has 0 aromatic carbocycles. The molecule has 3 heteroatoms. The van der Waals surface area contributed by atoms with Crippen LogP contribution in [0.25, 0.3) is 6.08 Å². The standard InChI is InChI=1S/C8H7BrO2/c1-6(10)2-3-7-4-5-8(9)11-7/h2-5H,1H3. The monoisotopic (exact) mass is 214 g/mol. The van der Waals surface area contributed by atoms with E-state index in [1.807, 2.05) is 0 Å². The largest absolute Gasteiger partial charge is 0.450 e. The van der Waals surface area contributed by atoms with Crippen LogP contribution in [-0.2, 0) is 4.79 Å². The van der Waals surface area contributed by atoms with E-state index in [0.717, 1.165) is 0 Å². The molecule has 0 saturated heterocycles. The average Bonchev–Trinajstić information content (AvgIpc) is 2.31. The van der Waals surface area contributed by atoms with E-state index in [-0.39, 0.29) is 5.78 Å². The van der Waals surface area contributed by atoms with Crippen molar-refractivity contribution in [1.29, 1.82) is 0 Å². The summed E-state index contributed by atoms with van der Waals surface area (Å²) >= 11 is 3.15. The van der Waals surface area contributed by atoms with Crippen molar-refractivity contribution in [3.63, 3.8) is 0 Å². The van der Waals surface area contributed by atoms with Crippen molar-refractivity contribution >= 4 is 27.8 Å². The van der Waals surface area contributed by atoms with Crippen LogP contribution in [0, 0.1) is 0 Å². The van der Waals surface area contributed by atoms with Crippen LogP contribution in [0.1, 0.15) is 12.7 Å². The fraction of sp³-hybridized carbons (Fsp3) is 0.125. The molecule has 0 spiro atoms. The molecule has 1 aromatic rings. The van der Waals surface area contributed by atoms with E-state index in [1.54, 1.807) is 18.2 Å². The van der Waals surface area contributed by atoms with Gasteiger partial charge in [0.1, 0.15) is 5.76 Å². The maximum Gasteiger partial charge on any atom is 0.169 e. The third-order valence-electron chi connectivity index (χ3n) is 1.08. The fourth-order valence-corrected chi connectivity index (χ4v) is 0.936. The first-order chi connectivity index (χ1) is 5.18. The lowest BCUT2D eigenvalue weighted by atomic mass is 10.3. The zero-order valence-corrected chi connectivity index (χ0v) is 7.59. The fourth-order valence-electron chi connectivity index (χ4n) is 0.617. The lowest BCUT2D eigenvalue weighted by molar-refractivity contribution is -0.112. The summed E-state index contributed by atoms with van der Waals surface area (Å²) in [6.45, 7) is 1.49. The van der Waals surface area contributed by atoms with Gasteiger partial charge in [0.15, 0.2) is 10.5 Å². The molecule has 0 fully saturated rings. The quantitative estimate of drug-likeness (QED) is 0.709. The Labute approximate surface area is 73.0 Å². The molecule has 1 rings (SSSR count). The minimum atomic E-state index is 0.0116. The normalized spacial score (nSPS) is 10.7. The molecular weight excluding hydrogens is 208 g/mol. The van der Waals surface area contributed by atoms with Crippen molar-refractivity contribution in [3.8, 4) is 0 Å². The predicted molar refractivity (Wildman–Crippen MR) is 46.1 cm³/mol. The van der Waals surface area contributed by atoms with Gasteiger partial charge in [0.25, 0.3) is 0 Å². The van der Waals surface area contributed by atoms with Crippen molar-refractivity contribution in [2.75, 3.05) is 0 Å². The van der Waals surface area contributed by atoms with Gasteiger partial charge in [-0.05, 0) is 47.1 Å². The second kappa shape index (κ2) is 3.53. The second-order valence-corrected chi connectivity index (χ2v) is 2.87. The van der Waals surface area contributed by atoms with Gasteiger partial charge < -0.3 is 4.42 Å². The van der Waals surface area contributed by atoms with Crippen LogP contribution in [0.3, 0.4) is 0 Å². The number of rotatable bonds is 2. The highest BCUT2D eigenvalue weighted by molar-refractivity contribution is 9.10. The minimum absolute atomic E-state index is 0.0116. The first-order valence-electron chi connectivity index (χ1n) is 3.12. The molecule has 0 N–H and O–H groups in total. The van der Waals surface area contributed by atoms with Crippen LogP contribution >= 0.6 is 15.9 Å². The SMILES string of the molecule is CC(=O)C=Cc1ccc(Br)o1. The van der Waals surface area contributed by atoms with Crippen molar-refractivity contribution in [2.45, 2.75) is 6.92 Å². The molecule has 58 valence electrons. The zero-order chi connectivity index (χ0) is 8.27. The Morgan fingerprint density at radius 3 is 2.82 bits per heavy atom. The number of halogens is 1. The van der Waals surface area contributed by atoms with Crippen LogP contribution in [0.2, 0.25) is 0 Å². The summed E-state index contributed by atoms with van der Waals surface area (Å²) in [4.78, 5) is 10.5.